The molecule has 0 aromatic carbocycles. The Kier molecular flexibility index (Phi) is 1.34. The van der Waals surface area contributed by atoms with Crippen LogP contribution in [-0.4, -0.2) is 13.1 Å². The molecule has 11 heavy (non-hydrogen) atoms. The van der Waals surface area contributed by atoms with Crippen molar-refractivity contribution in [3.63, 3.8) is 0 Å². The second-order valence-electron chi connectivity index (χ2n) is 2.56. The van der Waals surface area contributed by atoms with Crippen molar-refractivity contribution >= 4 is 5.97 Å². The minimum Gasteiger partial charge on any atom is -0.469 e. The van der Waals surface area contributed by atoms with Crippen LogP contribution >= 0.6 is 0 Å². The lowest BCUT2D eigenvalue weighted by molar-refractivity contribution is -0.148. The summed E-state index contributed by atoms with van der Waals surface area (Å²) in [6.07, 6.45) is -4.73. The Morgan fingerprint density at radius 3 is 3.18 bits per heavy atom. The molecule has 1 aliphatic rings. The van der Waals surface area contributed by atoms with Gasteiger partial charge in [0.25, 0.3) is 0 Å². The van der Waals surface area contributed by atoms with E-state index in [0.717, 1.165) is 0 Å². The zero-order valence-electron chi connectivity index (χ0n) is 11.8. The molecule has 0 spiro atoms. The summed E-state index contributed by atoms with van der Waals surface area (Å²) in [6.45, 7) is 1.39. The molecule has 1 fully saturated rings. The van der Waals surface area contributed by atoms with E-state index in [1.807, 2.05) is 0 Å². The standard InChI is InChI=1S/C9H16O2/c1-7-5-3-4-6-8(7)9(10)11-2/h7-8H,3-6H2,1-2H3/t7-,8-/m0/s1/i3D,4D2,5D,7D/t3?,5?,7-,8-. The van der Waals surface area contributed by atoms with Crippen LogP contribution in [0.1, 0.15) is 39.4 Å². The van der Waals surface area contributed by atoms with Gasteiger partial charge in [0.1, 0.15) is 0 Å². The van der Waals surface area contributed by atoms with E-state index in [1.165, 1.54) is 14.0 Å². The van der Waals surface area contributed by atoms with Crippen LogP contribution in [0.25, 0.3) is 0 Å². The highest BCUT2D eigenvalue weighted by molar-refractivity contribution is 5.72. The molecule has 0 bridgehead atoms. The number of esters is 1. The maximum atomic E-state index is 11.5. The normalized spacial score (nSPS) is 62.7. The lowest BCUT2D eigenvalue weighted by Crippen LogP contribution is -2.26. The number of ether oxygens (including phenoxy) is 1. The van der Waals surface area contributed by atoms with E-state index in [0.29, 0.717) is 0 Å². The Morgan fingerprint density at radius 2 is 2.55 bits per heavy atom. The van der Waals surface area contributed by atoms with Crippen molar-refractivity contribution in [2.45, 2.75) is 32.5 Å². The second-order valence-corrected chi connectivity index (χ2v) is 2.56. The van der Waals surface area contributed by atoms with E-state index < -0.39 is 36.9 Å². The fraction of sp³-hybridized carbons (Fsp3) is 0.889. The molecule has 2 heteroatoms. The van der Waals surface area contributed by atoms with Gasteiger partial charge in [-0.15, -0.1) is 0 Å². The summed E-state index contributed by atoms with van der Waals surface area (Å²) in [4.78, 5) is 11.5. The molecule has 1 rings (SSSR count). The van der Waals surface area contributed by atoms with Crippen LogP contribution in [-0.2, 0) is 9.53 Å². The third-order valence-corrected chi connectivity index (χ3v) is 1.82. The summed E-state index contributed by atoms with van der Waals surface area (Å²) in [5, 5.41) is 0. The molecule has 1 aliphatic carbocycles. The van der Waals surface area contributed by atoms with Gasteiger partial charge in [-0.1, -0.05) is 19.7 Å². The van der Waals surface area contributed by atoms with Crippen LogP contribution in [0.5, 0.6) is 0 Å². The Labute approximate surface area is 75.0 Å². The lowest BCUT2D eigenvalue weighted by atomic mass is 9.80. The van der Waals surface area contributed by atoms with Gasteiger partial charge in [0, 0.05) is 6.85 Å². The average molecular weight is 161 g/mol. The number of methoxy groups -OCH3 is 1. The van der Waals surface area contributed by atoms with Crippen LogP contribution in [0.4, 0.5) is 0 Å². The first-order valence-corrected chi connectivity index (χ1v) is 3.57. The van der Waals surface area contributed by atoms with E-state index in [1.54, 1.807) is 0 Å². The van der Waals surface area contributed by atoms with Crippen molar-refractivity contribution in [1.82, 2.24) is 0 Å². The number of carbonyl (C=O) groups excluding carboxylic acids is 1. The van der Waals surface area contributed by atoms with Crippen LogP contribution < -0.4 is 0 Å². The predicted molar refractivity (Wildman–Crippen MR) is 43.1 cm³/mol. The number of hydrogen-bond acceptors (Lipinski definition) is 2. The van der Waals surface area contributed by atoms with Gasteiger partial charge in [-0.05, 0) is 18.7 Å². The van der Waals surface area contributed by atoms with Gasteiger partial charge in [-0.25, -0.2) is 0 Å². The molecule has 64 valence electrons. The minimum atomic E-state index is -1.92. The molecule has 1 saturated carbocycles. The quantitative estimate of drug-likeness (QED) is 0.550. The van der Waals surface area contributed by atoms with Crippen molar-refractivity contribution in [2.75, 3.05) is 7.11 Å². The molecule has 2 unspecified atom stereocenters. The largest absolute Gasteiger partial charge is 0.469 e. The van der Waals surface area contributed by atoms with E-state index in [-0.39, 0.29) is 6.42 Å². The highest BCUT2D eigenvalue weighted by atomic mass is 16.5. The lowest BCUT2D eigenvalue weighted by Gasteiger charge is -2.25. The first kappa shape index (κ1) is 3.92. The van der Waals surface area contributed by atoms with Gasteiger partial charge >= 0.3 is 5.97 Å². The van der Waals surface area contributed by atoms with Gasteiger partial charge in [-0.3, -0.25) is 4.79 Å². The van der Waals surface area contributed by atoms with Crippen LogP contribution in [0.2, 0.25) is 0 Å². The SMILES string of the molecule is [2H]C1C([2H])[C@]([2H])(C)[C@@H](C(=O)OC)CC1([2H])[2H]. The molecule has 0 aliphatic heterocycles. The zero-order chi connectivity index (χ0) is 12.7. The van der Waals surface area contributed by atoms with Gasteiger partial charge in [0.2, 0.25) is 0 Å². The minimum absolute atomic E-state index is 0.233. The van der Waals surface area contributed by atoms with E-state index >= 15 is 0 Å². The average Bonchev–Trinajstić information content (AvgIpc) is 2.20. The summed E-state index contributed by atoms with van der Waals surface area (Å²) < 4.78 is 43.0. The summed E-state index contributed by atoms with van der Waals surface area (Å²) in [7, 11) is 1.18. The van der Waals surface area contributed by atoms with Crippen molar-refractivity contribution in [1.29, 1.82) is 0 Å². The molecule has 0 aromatic heterocycles. The highest BCUT2D eigenvalue weighted by Gasteiger charge is 2.27. The monoisotopic (exact) mass is 161 g/mol. The number of rotatable bonds is 1. The van der Waals surface area contributed by atoms with Crippen LogP contribution in [0.15, 0.2) is 0 Å². The summed E-state index contributed by atoms with van der Waals surface area (Å²) in [6, 6.07) is 0. The van der Waals surface area contributed by atoms with Gasteiger partial charge in [0.05, 0.1) is 13.0 Å². The Bertz CT molecular complexity index is 292. The van der Waals surface area contributed by atoms with Crippen molar-refractivity contribution in [3.8, 4) is 0 Å². The van der Waals surface area contributed by atoms with E-state index in [2.05, 4.69) is 4.74 Å². The Morgan fingerprint density at radius 1 is 1.82 bits per heavy atom. The van der Waals surface area contributed by atoms with Gasteiger partial charge < -0.3 is 4.74 Å². The van der Waals surface area contributed by atoms with Crippen molar-refractivity contribution < 1.29 is 16.4 Å². The van der Waals surface area contributed by atoms with Crippen molar-refractivity contribution in [3.05, 3.63) is 0 Å². The molecular weight excluding hydrogens is 140 g/mol. The first-order chi connectivity index (χ1) is 7.14. The zero-order valence-corrected chi connectivity index (χ0v) is 6.76. The van der Waals surface area contributed by atoms with Crippen LogP contribution in [0, 0.1) is 11.8 Å². The molecule has 0 amide bonds. The van der Waals surface area contributed by atoms with Gasteiger partial charge in [0.15, 0.2) is 0 Å². The fourth-order valence-corrected chi connectivity index (χ4v) is 1.06. The Hall–Kier alpha value is -0.530. The molecule has 0 heterocycles. The smallest absolute Gasteiger partial charge is 0.308 e. The highest BCUT2D eigenvalue weighted by Crippen LogP contribution is 2.30. The molecule has 0 radical (unpaired) electrons. The molecule has 0 aromatic rings. The Balaban J connectivity index is 3.06. The maximum absolute atomic E-state index is 11.5. The van der Waals surface area contributed by atoms with Crippen molar-refractivity contribution in [2.24, 2.45) is 11.8 Å². The molecular formula is C9H16O2. The third-order valence-electron chi connectivity index (χ3n) is 1.82. The van der Waals surface area contributed by atoms with E-state index in [4.69, 9.17) is 6.85 Å². The molecule has 0 saturated heterocycles. The fourth-order valence-electron chi connectivity index (χ4n) is 1.06. The topological polar surface area (TPSA) is 26.3 Å². The van der Waals surface area contributed by atoms with Gasteiger partial charge in [-0.2, -0.15) is 0 Å². The summed E-state index contributed by atoms with van der Waals surface area (Å²) in [5.41, 5.74) is 0. The second kappa shape index (κ2) is 3.74. The first-order valence-electron chi connectivity index (χ1n) is 6.22. The molecule has 2 nitrogen and oxygen atoms in total. The molecule has 4 atom stereocenters. The van der Waals surface area contributed by atoms with Crippen LogP contribution in [0.3, 0.4) is 0 Å². The molecule has 0 N–H and O–H groups in total. The maximum Gasteiger partial charge on any atom is 0.308 e. The van der Waals surface area contributed by atoms with E-state index in [9.17, 15) is 4.79 Å². The summed E-state index contributed by atoms with van der Waals surface area (Å²) in [5.74, 6) is -3.15. The predicted octanol–water partition coefficient (Wildman–Crippen LogP) is 1.99. The number of carbonyl (C=O) groups is 1. The number of hydrogen-bond donors (Lipinski definition) is 0. The third kappa shape index (κ3) is 1.95. The summed E-state index contributed by atoms with van der Waals surface area (Å²) >= 11 is 0.